The van der Waals surface area contributed by atoms with E-state index in [-0.39, 0.29) is 18.9 Å². The number of fused-ring (bicyclic) bond motifs is 3. The van der Waals surface area contributed by atoms with E-state index in [4.69, 9.17) is 19.9 Å². The van der Waals surface area contributed by atoms with Crippen molar-refractivity contribution in [2.75, 3.05) is 32.8 Å². The van der Waals surface area contributed by atoms with E-state index < -0.39 is 0 Å². The largest absolute Gasteiger partial charge is 0.492 e. The van der Waals surface area contributed by atoms with E-state index in [1.807, 2.05) is 0 Å². The Hall–Kier alpha value is -2.45. The number of nitrogens with zero attached hydrogens (tertiary/aromatic N) is 1. The molecule has 0 bridgehead atoms. The molecule has 3 N–H and O–H groups in total. The summed E-state index contributed by atoms with van der Waals surface area (Å²) in [5.74, 6) is 1.71. The van der Waals surface area contributed by atoms with E-state index in [2.05, 4.69) is 23.3 Å². The molecule has 7 nitrogen and oxygen atoms in total. The smallest absolute Gasteiger partial charge is 0.251 e. The molecule has 3 heterocycles. The first kappa shape index (κ1) is 18.6. The summed E-state index contributed by atoms with van der Waals surface area (Å²) in [4.78, 5) is 15.8. The molecule has 0 radical (unpaired) electrons. The summed E-state index contributed by atoms with van der Waals surface area (Å²) in [6, 6.07) is 2.05. The normalized spacial score (nSPS) is 20.1. The molecule has 1 aromatic heterocycles. The van der Waals surface area contributed by atoms with Gasteiger partial charge in [0.1, 0.15) is 11.2 Å². The molecule has 1 aromatic carbocycles. The number of carbonyl (C=O) groups is 1. The fourth-order valence-electron chi connectivity index (χ4n) is 4.67. The van der Waals surface area contributed by atoms with Gasteiger partial charge in [0.15, 0.2) is 11.5 Å². The van der Waals surface area contributed by atoms with Crippen molar-refractivity contribution in [3.8, 4) is 17.2 Å². The molecule has 1 amide bonds. The zero-order valence-electron chi connectivity index (χ0n) is 16.7. The highest BCUT2D eigenvalue weighted by Gasteiger charge is 2.35. The lowest BCUT2D eigenvalue weighted by molar-refractivity contribution is 0.1000. The van der Waals surface area contributed by atoms with Crippen LogP contribution in [-0.2, 0) is 19.3 Å². The van der Waals surface area contributed by atoms with Crippen molar-refractivity contribution in [2.24, 2.45) is 5.73 Å². The lowest BCUT2D eigenvalue weighted by Gasteiger charge is -2.36. The number of benzene rings is 1. The molecule has 8 heteroatoms. The monoisotopic (exact) mass is 415 g/mol. The van der Waals surface area contributed by atoms with Gasteiger partial charge in [0.25, 0.3) is 5.91 Å². The second-order valence-electron chi connectivity index (χ2n) is 7.77. The Bertz CT molecular complexity index is 987. The van der Waals surface area contributed by atoms with Gasteiger partial charge in [0.05, 0.1) is 12.7 Å². The van der Waals surface area contributed by atoms with Gasteiger partial charge in [0, 0.05) is 17.0 Å². The van der Waals surface area contributed by atoms with Gasteiger partial charge in [-0.05, 0) is 56.3 Å². The Morgan fingerprint density at radius 3 is 2.93 bits per heavy atom. The molecule has 0 spiro atoms. The van der Waals surface area contributed by atoms with Gasteiger partial charge in [-0.1, -0.05) is 0 Å². The van der Waals surface area contributed by atoms with Crippen LogP contribution in [0.1, 0.15) is 50.9 Å². The van der Waals surface area contributed by atoms with Crippen LogP contribution in [0.2, 0.25) is 0 Å². The number of anilines is 1. The summed E-state index contributed by atoms with van der Waals surface area (Å²) in [6.07, 6.45) is 4.94. The minimum atomic E-state index is -0.358. The van der Waals surface area contributed by atoms with Gasteiger partial charge in [-0.25, -0.2) is 0 Å². The topological polar surface area (TPSA) is 86.0 Å². The minimum Gasteiger partial charge on any atom is -0.492 e. The molecule has 0 unspecified atom stereocenters. The van der Waals surface area contributed by atoms with Crippen molar-refractivity contribution in [3.05, 3.63) is 33.2 Å². The van der Waals surface area contributed by atoms with Gasteiger partial charge in [0.2, 0.25) is 12.5 Å². The predicted octanol–water partition coefficient (Wildman–Crippen LogP) is 3.06. The summed E-state index contributed by atoms with van der Waals surface area (Å²) in [7, 11) is 3.73. The first-order valence-corrected chi connectivity index (χ1v) is 10.8. The van der Waals surface area contributed by atoms with Crippen LogP contribution < -0.4 is 25.3 Å². The van der Waals surface area contributed by atoms with E-state index in [0.29, 0.717) is 17.1 Å². The average molecular weight is 416 g/mol. The first-order chi connectivity index (χ1) is 14.1. The summed E-state index contributed by atoms with van der Waals surface area (Å²) < 4.78 is 17.1. The van der Waals surface area contributed by atoms with Crippen molar-refractivity contribution in [2.45, 2.75) is 38.3 Å². The van der Waals surface area contributed by atoms with Crippen LogP contribution in [0, 0.1) is 0 Å². The Morgan fingerprint density at radius 1 is 1.31 bits per heavy atom. The van der Waals surface area contributed by atoms with Crippen molar-refractivity contribution >= 4 is 22.2 Å². The molecular weight excluding hydrogens is 390 g/mol. The first-order valence-electron chi connectivity index (χ1n) is 9.99. The van der Waals surface area contributed by atoms with Crippen LogP contribution in [0.15, 0.2) is 6.07 Å². The van der Waals surface area contributed by atoms with Crippen molar-refractivity contribution in [1.82, 2.24) is 4.90 Å². The maximum Gasteiger partial charge on any atom is 0.251 e. The number of nitrogens with two attached hydrogens (primary N) is 1. The number of thiophene rings is 1. The molecule has 0 saturated heterocycles. The van der Waals surface area contributed by atoms with Crippen molar-refractivity contribution in [1.29, 1.82) is 0 Å². The van der Waals surface area contributed by atoms with Gasteiger partial charge in [-0.2, -0.15) is 0 Å². The number of rotatable bonds is 4. The third-order valence-electron chi connectivity index (χ3n) is 6.08. The number of hydrogen-bond donors (Lipinski definition) is 2. The van der Waals surface area contributed by atoms with E-state index >= 15 is 0 Å². The fraction of sp³-hybridized carbons (Fsp3) is 0.476. The minimum absolute atomic E-state index is 0.151. The molecule has 5 rings (SSSR count). The Labute approximate surface area is 173 Å². The number of carbonyl (C=O) groups excluding carboxylic acids is 1. The van der Waals surface area contributed by atoms with Gasteiger partial charge < -0.3 is 25.3 Å². The molecule has 2 aromatic rings. The van der Waals surface area contributed by atoms with E-state index in [9.17, 15) is 4.79 Å². The number of aryl methyl sites for hydroxylation is 1. The zero-order valence-corrected chi connectivity index (χ0v) is 17.5. The van der Waals surface area contributed by atoms with E-state index in [0.717, 1.165) is 60.5 Å². The number of hydrogen-bond acceptors (Lipinski definition) is 7. The Balaban J connectivity index is 1.60. The lowest BCUT2D eigenvalue weighted by Crippen LogP contribution is -2.37. The SMILES string of the molecule is COc1c2c(cc3c1[C@@H](Nc1sc4c(c1C(N)=O)CCCC4)N(C)CC3)OCO2. The quantitative estimate of drug-likeness (QED) is 0.798. The third kappa shape index (κ3) is 2.93. The summed E-state index contributed by atoms with van der Waals surface area (Å²) in [6.45, 7) is 1.08. The highest BCUT2D eigenvalue weighted by Crippen LogP contribution is 2.50. The summed E-state index contributed by atoms with van der Waals surface area (Å²) >= 11 is 1.66. The second kappa shape index (κ2) is 7.11. The Kier molecular flexibility index (Phi) is 4.55. The lowest BCUT2D eigenvalue weighted by atomic mass is 9.94. The number of methoxy groups -OCH3 is 1. The number of ether oxygens (including phenoxy) is 3. The molecule has 29 heavy (non-hydrogen) atoms. The van der Waals surface area contributed by atoms with Gasteiger partial charge in [-0.15, -0.1) is 11.3 Å². The van der Waals surface area contributed by atoms with Crippen LogP contribution >= 0.6 is 11.3 Å². The summed E-state index contributed by atoms with van der Waals surface area (Å²) in [5.41, 5.74) is 9.79. The molecule has 3 aliphatic rings. The number of likely N-dealkylation sites (N-methyl/N-ethyl adjacent to an activating group) is 1. The molecule has 0 fully saturated rings. The van der Waals surface area contributed by atoms with Crippen LogP contribution in [0.4, 0.5) is 5.00 Å². The standard InChI is InChI=1S/C21H25N3O4S/c1-24-8-7-11-9-13-17(28-10-27-13)18(26-2)15(11)20(24)23-21-16(19(22)25)12-5-3-4-6-14(12)29-21/h9,20,23H,3-8,10H2,1-2H3,(H2,22,25)/t20-/m0/s1. The molecule has 2 aliphatic heterocycles. The van der Waals surface area contributed by atoms with Crippen LogP contribution in [0.3, 0.4) is 0 Å². The molecule has 1 atom stereocenters. The van der Waals surface area contributed by atoms with Crippen LogP contribution in [-0.4, -0.2) is 38.3 Å². The van der Waals surface area contributed by atoms with E-state index in [1.54, 1.807) is 18.4 Å². The predicted molar refractivity (Wildman–Crippen MR) is 111 cm³/mol. The average Bonchev–Trinajstić information content (AvgIpc) is 3.32. The van der Waals surface area contributed by atoms with Gasteiger partial charge >= 0.3 is 0 Å². The Morgan fingerprint density at radius 2 is 2.14 bits per heavy atom. The number of primary amides is 1. The highest BCUT2D eigenvalue weighted by molar-refractivity contribution is 7.16. The van der Waals surface area contributed by atoms with Crippen molar-refractivity contribution in [3.63, 3.8) is 0 Å². The number of amides is 1. The molecule has 154 valence electrons. The maximum atomic E-state index is 12.3. The molecule has 1 aliphatic carbocycles. The molecule has 0 saturated carbocycles. The molecular formula is C21H25N3O4S. The van der Waals surface area contributed by atoms with Crippen LogP contribution in [0.5, 0.6) is 17.2 Å². The van der Waals surface area contributed by atoms with E-state index in [1.165, 1.54) is 10.4 Å². The second-order valence-corrected chi connectivity index (χ2v) is 8.88. The zero-order chi connectivity index (χ0) is 20.1. The highest BCUT2D eigenvalue weighted by atomic mass is 32.1. The van der Waals surface area contributed by atoms with Crippen molar-refractivity contribution < 1.29 is 19.0 Å². The maximum absolute atomic E-state index is 12.3. The van der Waals surface area contributed by atoms with Gasteiger partial charge in [-0.3, -0.25) is 9.69 Å². The summed E-state index contributed by atoms with van der Waals surface area (Å²) in [5, 5.41) is 4.48. The number of nitrogens with one attached hydrogen (secondary N) is 1. The third-order valence-corrected chi connectivity index (χ3v) is 7.30. The fourth-order valence-corrected chi connectivity index (χ4v) is 5.98. The van der Waals surface area contributed by atoms with Crippen LogP contribution in [0.25, 0.3) is 0 Å².